The second-order valence-corrected chi connectivity index (χ2v) is 7.30. The summed E-state index contributed by atoms with van der Waals surface area (Å²) in [7, 11) is -1.17. The normalized spacial score (nSPS) is 12.8. The van der Waals surface area contributed by atoms with Crippen LogP contribution in [-0.4, -0.2) is 31.0 Å². The third-order valence-electron chi connectivity index (χ3n) is 3.46. The maximum atomic E-state index is 12.6. The number of aryl methyl sites for hydroxylation is 2. The third-order valence-corrected chi connectivity index (χ3v) is 5.42. The van der Waals surface area contributed by atoms with E-state index in [0.717, 1.165) is 5.56 Å². The molecular weight excluding hydrogens is 354 g/mol. The smallest absolute Gasteiger partial charge is 0.307 e. The van der Waals surface area contributed by atoms with Crippen LogP contribution in [-0.2, 0) is 26.6 Å². The highest BCUT2D eigenvalue weighted by molar-refractivity contribution is 7.89. The number of halogens is 1. The highest BCUT2D eigenvalue weighted by atomic mass is 35.5. The van der Waals surface area contributed by atoms with Crippen molar-refractivity contribution in [2.45, 2.75) is 24.4 Å². The first-order valence-corrected chi connectivity index (χ1v) is 8.93. The lowest BCUT2D eigenvalue weighted by molar-refractivity contribution is -0.141. The van der Waals surface area contributed by atoms with E-state index in [1.807, 2.05) is 19.1 Å². The van der Waals surface area contributed by atoms with Crippen molar-refractivity contribution in [3.05, 3.63) is 46.9 Å². The van der Waals surface area contributed by atoms with Crippen molar-refractivity contribution in [1.29, 1.82) is 0 Å². The molecule has 0 radical (unpaired) electrons. The molecule has 0 saturated carbocycles. The molecule has 1 aromatic carbocycles. The van der Waals surface area contributed by atoms with Crippen LogP contribution in [0.1, 0.15) is 23.6 Å². The van der Waals surface area contributed by atoms with Gasteiger partial charge in [-0.05, 0) is 12.5 Å². The van der Waals surface area contributed by atoms with Crippen molar-refractivity contribution in [1.82, 2.24) is 14.3 Å². The van der Waals surface area contributed by atoms with Crippen LogP contribution in [0.5, 0.6) is 0 Å². The zero-order valence-corrected chi connectivity index (χ0v) is 15.1. The van der Waals surface area contributed by atoms with Crippen LogP contribution >= 0.6 is 11.6 Å². The number of hydrogen-bond acceptors (Lipinski definition) is 5. The number of nitrogens with zero attached hydrogens (tertiary/aromatic N) is 2. The summed E-state index contributed by atoms with van der Waals surface area (Å²) in [5.74, 6) is -0.532. The summed E-state index contributed by atoms with van der Waals surface area (Å²) in [6.07, 6.45) is 1.15. The van der Waals surface area contributed by atoms with Crippen LogP contribution in [0, 0.1) is 6.92 Å². The van der Waals surface area contributed by atoms with Crippen molar-refractivity contribution in [2.24, 2.45) is 7.05 Å². The minimum atomic E-state index is -4.00. The molecule has 0 spiro atoms. The van der Waals surface area contributed by atoms with Crippen LogP contribution in [0.15, 0.2) is 35.6 Å². The molecule has 1 heterocycles. The van der Waals surface area contributed by atoms with Crippen LogP contribution in [0.2, 0.25) is 5.15 Å². The average Bonchev–Trinajstić information content (AvgIpc) is 2.87. The summed E-state index contributed by atoms with van der Waals surface area (Å²) < 4.78 is 33.6. The number of esters is 1. The van der Waals surface area contributed by atoms with Gasteiger partial charge in [0.15, 0.2) is 0 Å². The molecule has 2 aromatic rings. The van der Waals surface area contributed by atoms with E-state index in [2.05, 4.69) is 14.4 Å². The number of aromatic nitrogens is 2. The van der Waals surface area contributed by atoms with Crippen molar-refractivity contribution in [2.75, 3.05) is 7.11 Å². The zero-order chi connectivity index (χ0) is 17.9. The summed E-state index contributed by atoms with van der Waals surface area (Å²) in [6.45, 7) is 1.91. The molecule has 0 aliphatic rings. The Balaban J connectivity index is 2.35. The van der Waals surface area contributed by atoms with Gasteiger partial charge in [0.2, 0.25) is 5.03 Å². The fraction of sp³-hybridized carbons (Fsp3) is 0.333. The van der Waals surface area contributed by atoms with Crippen LogP contribution < -0.4 is 4.72 Å². The fourth-order valence-electron chi connectivity index (χ4n) is 2.09. The minimum absolute atomic E-state index is 0.0109. The Kier molecular flexibility index (Phi) is 5.63. The molecule has 0 aliphatic carbocycles. The van der Waals surface area contributed by atoms with Crippen molar-refractivity contribution in [3.63, 3.8) is 0 Å². The lowest BCUT2D eigenvalue weighted by Gasteiger charge is -2.18. The molecule has 130 valence electrons. The quantitative estimate of drug-likeness (QED) is 0.784. The highest BCUT2D eigenvalue weighted by Crippen LogP contribution is 2.24. The lowest BCUT2D eigenvalue weighted by atomic mass is 10.0. The summed E-state index contributed by atoms with van der Waals surface area (Å²) in [5, 5.41) is -0.295. The number of carbonyl (C=O) groups is 1. The molecule has 0 aliphatic heterocycles. The van der Waals surface area contributed by atoms with Gasteiger partial charge < -0.3 is 9.30 Å². The molecule has 2 rings (SSSR count). The molecule has 1 N–H and O–H groups in total. The van der Waals surface area contributed by atoms with E-state index < -0.39 is 22.0 Å². The summed E-state index contributed by atoms with van der Waals surface area (Å²) in [4.78, 5) is 15.5. The summed E-state index contributed by atoms with van der Waals surface area (Å²) in [6, 6.07) is 6.39. The van der Waals surface area contributed by atoms with Crippen molar-refractivity contribution < 1.29 is 17.9 Å². The Hall–Kier alpha value is -1.90. The molecule has 7 nitrogen and oxygen atoms in total. The van der Waals surface area contributed by atoms with E-state index in [1.54, 1.807) is 19.2 Å². The number of carbonyl (C=O) groups excluding carboxylic acids is 1. The highest BCUT2D eigenvalue weighted by Gasteiger charge is 2.28. The SMILES string of the molecule is COC(=O)CC(NS(=O)(=O)c1ncn(C)c1Cl)c1ccc(C)cc1. The minimum Gasteiger partial charge on any atom is -0.469 e. The van der Waals surface area contributed by atoms with E-state index in [-0.39, 0.29) is 16.6 Å². The maximum absolute atomic E-state index is 12.6. The molecule has 24 heavy (non-hydrogen) atoms. The lowest BCUT2D eigenvalue weighted by Crippen LogP contribution is -2.31. The van der Waals surface area contributed by atoms with Crippen molar-refractivity contribution >= 4 is 27.6 Å². The topological polar surface area (TPSA) is 90.3 Å². The van der Waals surface area contributed by atoms with E-state index in [4.69, 9.17) is 11.6 Å². The summed E-state index contributed by atoms with van der Waals surface area (Å²) in [5.41, 5.74) is 1.66. The Morgan fingerprint density at radius 1 is 1.38 bits per heavy atom. The fourth-order valence-corrected chi connectivity index (χ4v) is 3.75. The molecule has 0 amide bonds. The number of benzene rings is 1. The molecule has 1 unspecified atom stereocenters. The number of ether oxygens (including phenoxy) is 1. The number of sulfonamides is 1. The largest absolute Gasteiger partial charge is 0.469 e. The van der Waals surface area contributed by atoms with Gasteiger partial charge in [0.1, 0.15) is 5.15 Å². The zero-order valence-electron chi connectivity index (χ0n) is 13.5. The van der Waals surface area contributed by atoms with Crippen molar-refractivity contribution in [3.8, 4) is 0 Å². The molecule has 0 fully saturated rings. The second-order valence-electron chi connectivity index (χ2n) is 5.32. The first-order valence-electron chi connectivity index (χ1n) is 7.07. The number of hydrogen-bond donors (Lipinski definition) is 1. The predicted octanol–water partition coefficient (Wildman–Crippen LogP) is 1.96. The predicted molar refractivity (Wildman–Crippen MR) is 89.1 cm³/mol. The third kappa shape index (κ3) is 4.14. The van der Waals surface area contributed by atoms with Gasteiger partial charge in [0, 0.05) is 7.05 Å². The Morgan fingerprint density at radius 2 is 2.00 bits per heavy atom. The molecule has 0 bridgehead atoms. The van der Waals surface area contributed by atoms with Gasteiger partial charge >= 0.3 is 5.97 Å². The van der Waals surface area contributed by atoms with E-state index in [0.29, 0.717) is 5.56 Å². The van der Waals surface area contributed by atoms with Crippen LogP contribution in [0.3, 0.4) is 0 Å². The van der Waals surface area contributed by atoms with Gasteiger partial charge in [-0.3, -0.25) is 4.79 Å². The monoisotopic (exact) mass is 371 g/mol. The first kappa shape index (κ1) is 18.4. The maximum Gasteiger partial charge on any atom is 0.307 e. The summed E-state index contributed by atoms with van der Waals surface area (Å²) >= 11 is 5.97. The number of methoxy groups -OCH3 is 1. The number of rotatable bonds is 6. The molecule has 9 heteroatoms. The van der Waals surface area contributed by atoms with Gasteiger partial charge in [-0.1, -0.05) is 41.4 Å². The van der Waals surface area contributed by atoms with E-state index in [9.17, 15) is 13.2 Å². The average molecular weight is 372 g/mol. The van der Waals surface area contributed by atoms with Gasteiger partial charge in [0.05, 0.1) is 25.9 Å². The Morgan fingerprint density at radius 3 is 2.50 bits per heavy atom. The van der Waals surface area contributed by atoms with Gasteiger partial charge in [-0.2, -0.15) is 0 Å². The van der Waals surface area contributed by atoms with E-state index in [1.165, 1.54) is 18.0 Å². The van der Waals surface area contributed by atoms with Gasteiger partial charge in [-0.25, -0.2) is 18.1 Å². The van der Waals surface area contributed by atoms with Gasteiger partial charge in [0.25, 0.3) is 10.0 Å². The van der Waals surface area contributed by atoms with Crippen LogP contribution in [0.25, 0.3) is 0 Å². The molecule has 1 atom stereocenters. The first-order chi connectivity index (χ1) is 11.2. The van der Waals surface area contributed by atoms with Crippen LogP contribution in [0.4, 0.5) is 0 Å². The van der Waals surface area contributed by atoms with E-state index >= 15 is 0 Å². The second kappa shape index (κ2) is 7.33. The van der Waals surface area contributed by atoms with Gasteiger partial charge in [-0.15, -0.1) is 0 Å². The standard InChI is InChI=1S/C15H18ClN3O4S/c1-10-4-6-11(7-5-10)12(8-13(20)23-3)18-24(21,22)15-14(16)19(2)9-17-15/h4-7,9,12,18H,8H2,1-3H3. The molecular formula is C15H18ClN3O4S. The number of imidazole rings is 1. The number of nitrogens with one attached hydrogen (secondary N) is 1. The molecule has 0 saturated heterocycles. The molecule has 1 aromatic heterocycles. The Bertz CT molecular complexity index is 831. The Labute approximate surface area is 145 Å².